The zero-order chi connectivity index (χ0) is 9.60. The first-order valence-electron chi connectivity index (χ1n) is 5.16. The van der Waals surface area contributed by atoms with Crippen molar-refractivity contribution in [3.63, 3.8) is 0 Å². The molecular formula is C9H14N4O. The molecule has 1 saturated carbocycles. The van der Waals surface area contributed by atoms with Crippen LogP contribution in [0.1, 0.15) is 31.6 Å². The molecule has 5 heteroatoms. The third kappa shape index (κ3) is 1.19. The fourth-order valence-electron chi connectivity index (χ4n) is 1.81. The van der Waals surface area contributed by atoms with Crippen molar-refractivity contribution >= 4 is 5.95 Å². The summed E-state index contributed by atoms with van der Waals surface area (Å²) in [7, 11) is 0. The highest BCUT2D eigenvalue weighted by Crippen LogP contribution is 2.42. The van der Waals surface area contributed by atoms with Gasteiger partial charge in [-0.25, -0.2) is 0 Å². The Morgan fingerprint density at radius 3 is 2.64 bits per heavy atom. The number of rotatable bonds is 2. The monoisotopic (exact) mass is 194 g/mol. The second kappa shape index (κ2) is 2.70. The Morgan fingerprint density at radius 2 is 2.00 bits per heavy atom. The van der Waals surface area contributed by atoms with Crippen molar-refractivity contribution in [3.8, 4) is 0 Å². The van der Waals surface area contributed by atoms with Crippen molar-refractivity contribution in [2.75, 3.05) is 18.0 Å². The summed E-state index contributed by atoms with van der Waals surface area (Å²) >= 11 is 0. The first-order valence-corrected chi connectivity index (χ1v) is 5.16. The van der Waals surface area contributed by atoms with Crippen LogP contribution in [0.25, 0.3) is 0 Å². The van der Waals surface area contributed by atoms with Crippen LogP contribution in [-0.4, -0.2) is 23.2 Å². The Labute approximate surface area is 82.3 Å². The van der Waals surface area contributed by atoms with Gasteiger partial charge in [0, 0.05) is 13.1 Å². The summed E-state index contributed by atoms with van der Waals surface area (Å²) in [6.07, 6.45) is 4.37. The summed E-state index contributed by atoms with van der Waals surface area (Å²) in [4.78, 5) is 6.50. The van der Waals surface area contributed by atoms with E-state index in [2.05, 4.69) is 15.0 Å². The lowest BCUT2D eigenvalue weighted by Crippen LogP contribution is -2.21. The van der Waals surface area contributed by atoms with E-state index >= 15 is 0 Å². The quantitative estimate of drug-likeness (QED) is 0.747. The van der Waals surface area contributed by atoms with Gasteiger partial charge in [0.2, 0.25) is 5.89 Å². The first kappa shape index (κ1) is 8.23. The Hall–Kier alpha value is -1.10. The van der Waals surface area contributed by atoms with Crippen LogP contribution in [0.3, 0.4) is 0 Å². The zero-order valence-corrected chi connectivity index (χ0v) is 8.07. The van der Waals surface area contributed by atoms with Crippen LogP contribution in [0.15, 0.2) is 4.52 Å². The van der Waals surface area contributed by atoms with Crippen LogP contribution in [0.4, 0.5) is 5.95 Å². The molecule has 1 aliphatic carbocycles. The van der Waals surface area contributed by atoms with Crippen LogP contribution < -0.4 is 10.6 Å². The molecule has 0 spiro atoms. The number of anilines is 1. The molecule has 2 heterocycles. The average Bonchev–Trinajstić information content (AvgIpc) is 2.73. The summed E-state index contributed by atoms with van der Waals surface area (Å²) in [5.41, 5.74) is 5.66. The van der Waals surface area contributed by atoms with Crippen molar-refractivity contribution < 1.29 is 4.52 Å². The molecule has 2 fully saturated rings. The van der Waals surface area contributed by atoms with E-state index in [-0.39, 0.29) is 5.54 Å². The molecule has 3 rings (SSSR count). The summed E-state index contributed by atoms with van der Waals surface area (Å²) in [5, 5.41) is 3.96. The third-order valence-corrected chi connectivity index (χ3v) is 3.02. The molecule has 0 amide bonds. The second-order valence-corrected chi connectivity index (χ2v) is 4.25. The standard InChI is InChI=1S/C9H14N4O/c10-9(3-4-9)7-11-8(12-14-7)13-5-1-2-6-13/h1-6,10H2. The molecule has 0 unspecified atom stereocenters. The highest BCUT2D eigenvalue weighted by atomic mass is 16.5. The van der Waals surface area contributed by atoms with Crippen LogP contribution in [0.5, 0.6) is 0 Å². The smallest absolute Gasteiger partial charge is 0.266 e. The minimum Gasteiger partial charge on any atom is -0.338 e. The van der Waals surface area contributed by atoms with Crippen molar-refractivity contribution in [1.29, 1.82) is 0 Å². The largest absolute Gasteiger partial charge is 0.338 e. The minimum absolute atomic E-state index is 0.301. The van der Waals surface area contributed by atoms with E-state index in [1.807, 2.05) is 0 Å². The van der Waals surface area contributed by atoms with Gasteiger partial charge in [0.05, 0.1) is 5.54 Å². The summed E-state index contributed by atoms with van der Waals surface area (Å²) in [6.45, 7) is 2.08. The van der Waals surface area contributed by atoms with Crippen molar-refractivity contribution in [2.45, 2.75) is 31.2 Å². The van der Waals surface area contributed by atoms with Crippen LogP contribution in [-0.2, 0) is 5.54 Å². The van der Waals surface area contributed by atoms with Crippen molar-refractivity contribution in [1.82, 2.24) is 10.1 Å². The van der Waals surface area contributed by atoms with Gasteiger partial charge in [0.1, 0.15) is 0 Å². The van der Waals surface area contributed by atoms with Crippen LogP contribution >= 0.6 is 0 Å². The van der Waals surface area contributed by atoms with Gasteiger partial charge in [0.25, 0.3) is 5.95 Å². The highest BCUT2D eigenvalue weighted by Gasteiger charge is 2.46. The molecule has 1 aliphatic heterocycles. The lowest BCUT2D eigenvalue weighted by atomic mass is 10.3. The topological polar surface area (TPSA) is 68.2 Å². The van der Waals surface area contributed by atoms with Gasteiger partial charge in [-0.05, 0) is 30.8 Å². The fraction of sp³-hybridized carbons (Fsp3) is 0.778. The van der Waals surface area contributed by atoms with Crippen LogP contribution in [0, 0.1) is 0 Å². The molecule has 0 aromatic carbocycles. The van der Waals surface area contributed by atoms with E-state index in [1.54, 1.807) is 0 Å². The van der Waals surface area contributed by atoms with Crippen molar-refractivity contribution in [3.05, 3.63) is 5.89 Å². The summed E-state index contributed by atoms with van der Waals surface area (Å²) in [5.74, 6) is 1.33. The third-order valence-electron chi connectivity index (χ3n) is 3.02. The molecule has 0 radical (unpaired) electrons. The lowest BCUT2D eigenvalue weighted by molar-refractivity contribution is 0.347. The van der Waals surface area contributed by atoms with E-state index in [9.17, 15) is 0 Å². The van der Waals surface area contributed by atoms with E-state index in [1.165, 1.54) is 12.8 Å². The maximum absolute atomic E-state index is 5.97. The van der Waals surface area contributed by atoms with Gasteiger partial charge in [-0.15, -0.1) is 0 Å². The molecule has 2 aliphatic rings. The van der Waals surface area contributed by atoms with Gasteiger partial charge in [0.15, 0.2) is 0 Å². The van der Waals surface area contributed by atoms with E-state index in [4.69, 9.17) is 10.3 Å². The fourth-order valence-corrected chi connectivity index (χ4v) is 1.81. The summed E-state index contributed by atoms with van der Waals surface area (Å²) < 4.78 is 5.18. The van der Waals surface area contributed by atoms with Crippen molar-refractivity contribution in [2.24, 2.45) is 5.73 Å². The Bertz CT molecular complexity index is 338. The van der Waals surface area contributed by atoms with Gasteiger partial charge in [-0.1, -0.05) is 0 Å². The van der Waals surface area contributed by atoms with Gasteiger partial charge >= 0.3 is 0 Å². The first-order chi connectivity index (χ1) is 6.78. The van der Waals surface area contributed by atoms with E-state index < -0.39 is 0 Å². The normalized spacial score (nSPS) is 24.2. The Kier molecular flexibility index (Phi) is 1.58. The second-order valence-electron chi connectivity index (χ2n) is 4.25. The van der Waals surface area contributed by atoms with E-state index in [0.717, 1.165) is 25.9 Å². The lowest BCUT2D eigenvalue weighted by Gasteiger charge is -2.09. The molecule has 0 atom stereocenters. The predicted octanol–water partition coefficient (Wildman–Crippen LogP) is 0.618. The molecule has 1 saturated heterocycles. The molecule has 0 bridgehead atoms. The van der Waals surface area contributed by atoms with Gasteiger partial charge in [-0.3, -0.25) is 0 Å². The number of aromatic nitrogens is 2. The molecule has 2 N–H and O–H groups in total. The highest BCUT2D eigenvalue weighted by molar-refractivity contribution is 5.30. The molecule has 76 valence electrons. The predicted molar refractivity (Wildman–Crippen MR) is 50.8 cm³/mol. The van der Waals surface area contributed by atoms with Crippen LogP contribution in [0.2, 0.25) is 0 Å². The molecule has 1 aromatic rings. The average molecular weight is 194 g/mol. The SMILES string of the molecule is NC1(c2nc(N3CCCC3)no2)CC1. The molecular weight excluding hydrogens is 180 g/mol. The van der Waals surface area contributed by atoms with Gasteiger partial charge in [-0.2, -0.15) is 4.98 Å². The van der Waals surface area contributed by atoms with Gasteiger partial charge < -0.3 is 15.2 Å². The molecule has 14 heavy (non-hydrogen) atoms. The van der Waals surface area contributed by atoms with E-state index in [0.29, 0.717) is 11.8 Å². The summed E-state index contributed by atoms with van der Waals surface area (Å²) in [6, 6.07) is 0. The maximum Gasteiger partial charge on any atom is 0.266 e. The number of nitrogens with two attached hydrogens (primary N) is 1. The Morgan fingerprint density at radius 1 is 1.29 bits per heavy atom. The molecule has 1 aromatic heterocycles. The number of nitrogens with zero attached hydrogens (tertiary/aromatic N) is 3. The maximum atomic E-state index is 5.97. The Balaban J connectivity index is 1.82. The number of hydrogen-bond donors (Lipinski definition) is 1. The minimum atomic E-state index is -0.301. The number of hydrogen-bond acceptors (Lipinski definition) is 5. The zero-order valence-electron chi connectivity index (χ0n) is 8.07. The molecule has 5 nitrogen and oxygen atoms in total.